The molecule has 0 bridgehead atoms. The summed E-state index contributed by atoms with van der Waals surface area (Å²) in [6.45, 7) is 4.15. The number of nitrogens with zero attached hydrogens (tertiary/aromatic N) is 1. The van der Waals surface area contributed by atoms with Crippen molar-refractivity contribution in [2.24, 2.45) is 0 Å². The standard InChI is InChI=1S/C15H18N2OS/c1-10-7-14(9-19-10)17-13-5-3-12(4-6-13)15-8-18-11(2)16-15/h3-6,8,10,14,17H,7,9H2,1-2H3. The molecule has 19 heavy (non-hydrogen) atoms. The molecular formula is C15H18N2OS. The smallest absolute Gasteiger partial charge is 0.191 e. The summed E-state index contributed by atoms with van der Waals surface area (Å²) < 4.78 is 5.24. The van der Waals surface area contributed by atoms with E-state index in [1.165, 1.54) is 17.9 Å². The fraction of sp³-hybridized carbons (Fsp3) is 0.400. The summed E-state index contributed by atoms with van der Waals surface area (Å²) >= 11 is 2.04. The molecule has 2 heterocycles. The van der Waals surface area contributed by atoms with Gasteiger partial charge in [-0.25, -0.2) is 4.98 Å². The Morgan fingerprint density at radius 1 is 1.32 bits per heavy atom. The van der Waals surface area contributed by atoms with Crippen molar-refractivity contribution in [2.75, 3.05) is 11.1 Å². The summed E-state index contributed by atoms with van der Waals surface area (Å²) in [5.41, 5.74) is 3.18. The average molecular weight is 274 g/mol. The van der Waals surface area contributed by atoms with Gasteiger partial charge >= 0.3 is 0 Å². The fourth-order valence-corrected chi connectivity index (χ4v) is 3.54. The van der Waals surface area contributed by atoms with Gasteiger partial charge in [0.25, 0.3) is 0 Å². The normalized spacial score (nSPS) is 22.6. The molecule has 1 aliphatic rings. The molecule has 2 atom stereocenters. The number of thioether (sulfide) groups is 1. The minimum absolute atomic E-state index is 0.597. The van der Waals surface area contributed by atoms with Gasteiger partial charge in [-0.3, -0.25) is 0 Å². The Bertz CT molecular complexity index is 550. The lowest BCUT2D eigenvalue weighted by Crippen LogP contribution is -2.18. The van der Waals surface area contributed by atoms with E-state index in [9.17, 15) is 0 Å². The predicted molar refractivity (Wildman–Crippen MR) is 80.6 cm³/mol. The van der Waals surface area contributed by atoms with E-state index in [4.69, 9.17) is 4.42 Å². The molecule has 3 nitrogen and oxygen atoms in total. The third-order valence-electron chi connectivity index (χ3n) is 3.37. The first kappa shape index (κ1) is 12.6. The molecule has 1 aromatic heterocycles. The number of aryl methyl sites for hydroxylation is 1. The zero-order valence-electron chi connectivity index (χ0n) is 11.2. The molecule has 1 N–H and O–H groups in total. The largest absolute Gasteiger partial charge is 0.449 e. The second kappa shape index (κ2) is 5.29. The quantitative estimate of drug-likeness (QED) is 0.919. The van der Waals surface area contributed by atoms with Gasteiger partial charge in [-0.15, -0.1) is 0 Å². The predicted octanol–water partition coefficient (Wildman–Crippen LogP) is 3.96. The maximum absolute atomic E-state index is 5.24. The molecule has 0 aliphatic carbocycles. The Morgan fingerprint density at radius 2 is 2.11 bits per heavy atom. The minimum atomic E-state index is 0.597. The van der Waals surface area contributed by atoms with Crippen LogP contribution in [0.2, 0.25) is 0 Å². The number of anilines is 1. The summed E-state index contributed by atoms with van der Waals surface area (Å²) in [4.78, 5) is 4.33. The van der Waals surface area contributed by atoms with Gasteiger partial charge in [-0.2, -0.15) is 11.8 Å². The third kappa shape index (κ3) is 2.95. The third-order valence-corrected chi connectivity index (χ3v) is 4.73. The van der Waals surface area contributed by atoms with Gasteiger partial charge in [0.05, 0.1) is 0 Å². The van der Waals surface area contributed by atoms with Crippen molar-refractivity contribution in [3.05, 3.63) is 36.4 Å². The highest BCUT2D eigenvalue weighted by Crippen LogP contribution is 2.29. The van der Waals surface area contributed by atoms with Crippen molar-refractivity contribution in [3.63, 3.8) is 0 Å². The van der Waals surface area contributed by atoms with Crippen LogP contribution in [-0.2, 0) is 0 Å². The number of nitrogens with one attached hydrogen (secondary N) is 1. The molecule has 100 valence electrons. The van der Waals surface area contributed by atoms with Gasteiger partial charge in [0.2, 0.25) is 0 Å². The number of hydrogen-bond acceptors (Lipinski definition) is 4. The van der Waals surface area contributed by atoms with Crippen LogP contribution in [0.3, 0.4) is 0 Å². The van der Waals surface area contributed by atoms with Crippen LogP contribution in [-0.4, -0.2) is 22.0 Å². The highest BCUT2D eigenvalue weighted by molar-refractivity contribution is 8.00. The molecule has 0 radical (unpaired) electrons. The topological polar surface area (TPSA) is 38.1 Å². The van der Waals surface area contributed by atoms with Gasteiger partial charge in [0.15, 0.2) is 5.89 Å². The molecule has 2 aromatic rings. The molecule has 0 saturated carbocycles. The van der Waals surface area contributed by atoms with Crippen LogP contribution in [0.4, 0.5) is 5.69 Å². The number of benzene rings is 1. The van der Waals surface area contributed by atoms with Gasteiger partial charge in [-0.05, 0) is 18.6 Å². The Morgan fingerprint density at radius 3 is 2.68 bits per heavy atom. The Hall–Kier alpha value is -1.42. The van der Waals surface area contributed by atoms with Crippen LogP contribution in [0.1, 0.15) is 19.2 Å². The maximum Gasteiger partial charge on any atom is 0.191 e. The van der Waals surface area contributed by atoms with Crippen LogP contribution < -0.4 is 5.32 Å². The van der Waals surface area contributed by atoms with Crippen molar-refractivity contribution < 1.29 is 4.42 Å². The lowest BCUT2D eigenvalue weighted by Gasteiger charge is -2.13. The van der Waals surface area contributed by atoms with Crippen LogP contribution in [0.15, 0.2) is 34.9 Å². The Labute approximate surface area is 117 Å². The summed E-state index contributed by atoms with van der Waals surface area (Å²) in [6, 6.07) is 9.01. The van der Waals surface area contributed by atoms with E-state index in [0.717, 1.165) is 16.5 Å². The van der Waals surface area contributed by atoms with Crippen molar-refractivity contribution in [1.82, 2.24) is 4.98 Å². The zero-order valence-corrected chi connectivity index (χ0v) is 12.0. The van der Waals surface area contributed by atoms with E-state index >= 15 is 0 Å². The van der Waals surface area contributed by atoms with E-state index < -0.39 is 0 Å². The molecule has 1 fully saturated rings. The van der Waals surface area contributed by atoms with Crippen molar-refractivity contribution in [2.45, 2.75) is 31.6 Å². The van der Waals surface area contributed by atoms with Crippen molar-refractivity contribution >= 4 is 17.4 Å². The van der Waals surface area contributed by atoms with Crippen LogP contribution >= 0.6 is 11.8 Å². The summed E-state index contributed by atoms with van der Waals surface area (Å²) in [7, 11) is 0. The number of oxazole rings is 1. The first-order valence-electron chi connectivity index (χ1n) is 6.61. The lowest BCUT2D eigenvalue weighted by atomic mass is 10.1. The number of hydrogen-bond donors (Lipinski definition) is 1. The highest BCUT2D eigenvalue weighted by atomic mass is 32.2. The molecule has 2 unspecified atom stereocenters. The van der Waals surface area contributed by atoms with E-state index in [-0.39, 0.29) is 0 Å². The first-order valence-corrected chi connectivity index (χ1v) is 7.66. The Balaban J connectivity index is 1.69. The maximum atomic E-state index is 5.24. The molecule has 1 saturated heterocycles. The van der Waals surface area contributed by atoms with Crippen LogP contribution in [0, 0.1) is 6.92 Å². The van der Waals surface area contributed by atoms with E-state index in [1.54, 1.807) is 6.26 Å². The monoisotopic (exact) mass is 274 g/mol. The van der Waals surface area contributed by atoms with Gasteiger partial charge in [0.1, 0.15) is 12.0 Å². The molecule has 1 aliphatic heterocycles. The van der Waals surface area contributed by atoms with E-state index in [0.29, 0.717) is 11.9 Å². The van der Waals surface area contributed by atoms with Gasteiger partial charge in [0, 0.05) is 35.2 Å². The summed E-state index contributed by atoms with van der Waals surface area (Å²) in [6.07, 6.45) is 2.95. The fourth-order valence-electron chi connectivity index (χ4n) is 2.39. The molecule has 1 aromatic carbocycles. The molecule has 3 rings (SSSR count). The highest BCUT2D eigenvalue weighted by Gasteiger charge is 2.21. The number of rotatable bonds is 3. The molecule has 0 spiro atoms. The van der Waals surface area contributed by atoms with Gasteiger partial charge in [-0.1, -0.05) is 19.1 Å². The summed E-state index contributed by atoms with van der Waals surface area (Å²) in [5.74, 6) is 1.90. The SMILES string of the molecule is Cc1nc(-c2ccc(NC3CSC(C)C3)cc2)co1. The Kier molecular flexibility index (Phi) is 3.51. The van der Waals surface area contributed by atoms with E-state index in [2.05, 4.69) is 41.5 Å². The molecule has 4 heteroatoms. The first-order chi connectivity index (χ1) is 9.20. The lowest BCUT2D eigenvalue weighted by molar-refractivity contribution is 0.521. The second-order valence-electron chi connectivity index (χ2n) is 5.05. The van der Waals surface area contributed by atoms with Gasteiger partial charge < -0.3 is 9.73 Å². The molecule has 0 amide bonds. The second-order valence-corrected chi connectivity index (χ2v) is 6.52. The minimum Gasteiger partial charge on any atom is -0.449 e. The van der Waals surface area contributed by atoms with Crippen molar-refractivity contribution in [3.8, 4) is 11.3 Å². The molecular weight excluding hydrogens is 256 g/mol. The zero-order chi connectivity index (χ0) is 13.2. The summed E-state index contributed by atoms with van der Waals surface area (Å²) in [5, 5.41) is 4.36. The van der Waals surface area contributed by atoms with E-state index in [1.807, 2.05) is 18.7 Å². The van der Waals surface area contributed by atoms with Crippen LogP contribution in [0.5, 0.6) is 0 Å². The average Bonchev–Trinajstić information content (AvgIpc) is 3.00. The number of aromatic nitrogens is 1. The van der Waals surface area contributed by atoms with Crippen LogP contribution in [0.25, 0.3) is 11.3 Å². The van der Waals surface area contributed by atoms with Crippen molar-refractivity contribution in [1.29, 1.82) is 0 Å².